The lowest BCUT2D eigenvalue weighted by atomic mass is 10.1. The van der Waals surface area contributed by atoms with Crippen molar-refractivity contribution in [1.82, 2.24) is 15.1 Å². The lowest BCUT2D eigenvalue weighted by Crippen LogP contribution is -2.31. The zero-order chi connectivity index (χ0) is 26.2. The highest BCUT2D eigenvalue weighted by Crippen LogP contribution is 2.29. The molecule has 1 amide bonds. The Kier molecular flexibility index (Phi) is 8.89. The van der Waals surface area contributed by atoms with Gasteiger partial charge < -0.3 is 19.5 Å². The standard InChI is InChI=1S/C28H33N3O5/c1-18-7-9-22(10-8-18)16-31-21(4)24(20(3)30-31)12-14-28(33)36-17-27(32)29-19(2)25-15-23(34-5)11-13-26(25)35-6/h7-15,19H,16-17H2,1-6H3,(H,29,32). The van der Waals surface area contributed by atoms with Gasteiger partial charge in [-0.3, -0.25) is 9.48 Å². The second-order valence-corrected chi connectivity index (χ2v) is 8.57. The van der Waals surface area contributed by atoms with E-state index >= 15 is 0 Å². The maximum atomic E-state index is 12.4. The van der Waals surface area contributed by atoms with Gasteiger partial charge in [-0.05, 0) is 57.5 Å². The molecule has 8 heteroatoms. The van der Waals surface area contributed by atoms with Gasteiger partial charge in [0, 0.05) is 22.9 Å². The van der Waals surface area contributed by atoms with Gasteiger partial charge in [-0.2, -0.15) is 5.10 Å². The molecule has 0 aliphatic rings. The summed E-state index contributed by atoms with van der Waals surface area (Å²) < 4.78 is 17.7. The van der Waals surface area contributed by atoms with Crippen LogP contribution in [0.25, 0.3) is 6.08 Å². The number of nitrogens with one attached hydrogen (secondary N) is 1. The Morgan fingerprint density at radius 3 is 2.44 bits per heavy atom. The van der Waals surface area contributed by atoms with E-state index in [1.165, 1.54) is 11.6 Å². The Morgan fingerprint density at radius 1 is 1.06 bits per heavy atom. The Bertz CT molecular complexity index is 1240. The van der Waals surface area contributed by atoms with Crippen molar-refractivity contribution in [1.29, 1.82) is 0 Å². The van der Waals surface area contributed by atoms with Gasteiger partial charge >= 0.3 is 5.97 Å². The number of rotatable bonds is 10. The number of aromatic nitrogens is 2. The van der Waals surface area contributed by atoms with Gasteiger partial charge in [0.1, 0.15) is 11.5 Å². The van der Waals surface area contributed by atoms with Crippen molar-refractivity contribution in [3.8, 4) is 11.5 Å². The molecule has 0 fully saturated rings. The molecule has 1 heterocycles. The van der Waals surface area contributed by atoms with Gasteiger partial charge in [0.15, 0.2) is 6.61 Å². The summed E-state index contributed by atoms with van der Waals surface area (Å²) in [6.07, 6.45) is 2.99. The molecular formula is C28H33N3O5. The molecule has 0 saturated heterocycles. The Balaban J connectivity index is 1.56. The molecule has 0 saturated carbocycles. The van der Waals surface area contributed by atoms with E-state index in [-0.39, 0.29) is 6.04 Å². The van der Waals surface area contributed by atoms with Gasteiger partial charge in [0.25, 0.3) is 5.91 Å². The zero-order valence-electron chi connectivity index (χ0n) is 21.6. The van der Waals surface area contributed by atoms with E-state index in [1.807, 2.05) is 25.5 Å². The minimum Gasteiger partial charge on any atom is -0.497 e. The average molecular weight is 492 g/mol. The van der Waals surface area contributed by atoms with E-state index in [9.17, 15) is 9.59 Å². The first-order valence-electron chi connectivity index (χ1n) is 11.7. The summed E-state index contributed by atoms with van der Waals surface area (Å²) in [6, 6.07) is 13.3. The first-order valence-corrected chi connectivity index (χ1v) is 11.7. The number of esters is 1. The molecule has 1 atom stereocenters. The highest BCUT2D eigenvalue weighted by atomic mass is 16.5. The molecule has 3 aromatic rings. The summed E-state index contributed by atoms with van der Waals surface area (Å²) in [7, 11) is 3.13. The summed E-state index contributed by atoms with van der Waals surface area (Å²) in [5.41, 5.74) is 5.70. The Morgan fingerprint density at radius 2 is 1.78 bits per heavy atom. The molecule has 1 N–H and O–H groups in total. The molecule has 0 aliphatic carbocycles. The number of amides is 1. The molecule has 1 aromatic heterocycles. The third kappa shape index (κ3) is 6.75. The number of aryl methyl sites for hydroxylation is 2. The van der Waals surface area contributed by atoms with E-state index in [4.69, 9.17) is 14.2 Å². The Labute approximate surface area is 211 Å². The number of methoxy groups -OCH3 is 2. The second-order valence-electron chi connectivity index (χ2n) is 8.57. The summed E-state index contributed by atoms with van der Waals surface area (Å²) in [4.78, 5) is 24.6. The maximum absolute atomic E-state index is 12.4. The second kappa shape index (κ2) is 12.1. The highest BCUT2D eigenvalue weighted by molar-refractivity contribution is 5.89. The quantitative estimate of drug-likeness (QED) is 0.336. The monoisotopic (exact) mass is 491 g/mol. The number of ether oxygens (including phenoxy) is 3. The van der Waals surface area contributed by atoms with Gasteiger partial charge in [0.05, 0.1) is 32.5 Å². The van der Waals surface area contributed by atoms with E-state index in [1.54, 1.807) is 38.5 Å². The average Bonchev–Trinajstić information content (AvgIpc) is 3.13. The minimum absolute atomic E-state index is 0.374. The molecule has 0 bridgehead atoms. The van der Waals surface area contributed by atoms with E-state index in [0.29, 0.717) is 18.0 Å². The topological polar surface area (TPSA) is 91.7 Å². The molecule has 3 rings (SSSR count). The summed E-state index contributed by atoms with van der Waals surface area (Å²) in [5.74, 6) is 0.239. The molecule has 0 spiro atoms. The van der Waals surface area contributed by atoms with Crippen LogP contribution in [0.2, 0.25) is 0 Å². The van der Waals surface area contributed by atoms with Crippen molar-refractivity contribution in [2.24, 2.45) is 0 Å². The summed E-state index contributed by atoms with van der Waals surface area (Å²) in [5, 5.41) is 7.41. The number of carbonyl (C=O) groups excluding carboxylic acids is 2. The fraction of sp³-hybridized carbons (Fsp3) is 0.321. The van der Waals surface area contributed by atoms with Gasteiger partial charge in [-0.15, -0.1) is 0 Å². The van der Waals surface area contributed by atoms with Crippen LogP contribution in [-0.4, -0.2) is 42.5 Å². The molecule has 8 nitrogen and oxygen atoms in total. The number of nitrogens with zero attached hydrogens (tertiary/aromatic N) is 2. The third-order valence-electron chi connectivity index (χ3n) is 5.90. The number of hydrogen-bond acceptors (Lipinski definition) is 6. The predicted molar refractivity (Wildman–Crippen MR) is 138 cm³/mol. The van der Waals surface area contributed by atoms with Gasteiger partial charge in [-0.25, -0.2) is 4.79 Å². The lowest BCUT2D eigenvalue weighted by Gasteiger charge is -2.18. The van der Waals surface area contributed by atoms with Crippen molar-refractivity contribution >= 4 is 18.0 Å². The van der Waals surface area contributed by atoms with Crippen molar-refractivity contribution < 1.29 is 23.8 Å². The summed E-state index contributed by atoms with van der Waals surface area (Å²) in [6.45, 7) is 7.96. The zero-order valence-corrected chi connectivity index (χ0v) is 21.6. The lowest BCUT2D eigenvalue weighted by molar-refractivity contribution is -0.144. The highest BCUT2D eigenvalue weighted by Gasteiger charge is 2.16. The van der Waals surface area contributed by atoms with Crippen LogP contribution in [0.4, 0.5) is 0 Å². The molecular weight excluding hydrogens is 458 g/mol. The first kappa shape index (κ1) is 26.5. The van der Waals surface area contributed by atoms with Crippen LogP contribution >= 0.6 is 0 Å². The van der Waals surface area contributed by atoms with Crippen LogP contribution < -0.4 is 14.8 Å². The largest absolute Gasteiger partial charge is 0.497 e. The fourth-order valence-electron chi connectivity index (χ4n) is 3.85. The van der Waals surface area contributed by atoms with Crippen LogP contribution in [0.1, 0.15) is 46.6 Å². The van der Waals surface area contributed by atoms with Crippen molar-refractivity contribution in [3.63, 3.8) is 0 Å². The van der Waals surface area contributed by atoms with Crippen molar-refractivity contribution in [2.45, 2.75) is 40.3 Å². The molecule has 36 heavy (non-hydrogen) atoms. The maximum Gasteiger partial charge on any atom is 0.331 e. The van der Waals surface area contributed by atoms with Crippen LogP contribution in [-0.2, 0) is 20.9 Å². The Hall–Kier alpha value is -4.07. The van der Waals surface area contributed by atoms with Gasteiger partial charge in [-0.1, -0.05) is 29.8 Å². The molecule has 1 unspecified atom stereocenters. The summed E-state index contributed by atoms with van der Waals surface area (Å²) >= 11 is 0. The van der Waals surface area contributed by atoms with Crippen LogP contribution in [0, 0.1) is 20.8 Å². The number of benzene rings is 2. The molecule has 190 valence electrons. The normalized spacial score (nSPS) is 11.8. The van der Waals surface area contributed by atoms with Gasteiger partial charge in [0.2, 0.25) is 0 Å². The van der Waals surface area contributed by atoms with E-state index in [0.717, 1.165) is 28.1 Å². The van der Waals surface area contributed by atoms with Crippen molar-refractivity contribution in [3.05, 3.63) is 82.2 Å². The van der Waals surface area contributed by atoms with E-state index in [2.05, 4.69) is 41.6 Å². The smallest absolute Gasteiger partial charge is 0.331 e. The molecule has 0 aliphatic heterocycles. The minimum atomic E-state index is -0.609. The number of carbonyl (C=O) groups is 2. The molecule has 2 aromatic carbocycles. The predicted octanol–water partition coefficient (Wildman–Crippen LogP) is 4.31. The SMILES string of the molecule is COc1ccc(OC)c(C(C)NC(=O)COC(=O)C=Cc2c(C)nn(Cc3ccc(C)cc3)c2C)c1. The van der Waals surface area contributed by atoms with E-state index < -0.39 is 18.5 Å². The van der Waals surface area contributed by atoms with Crippen LogP contribution in [0.3, 0.4) is 0 Å². The fourth-order valence-corrected chi connectivity index (χ4v) is 3.85. The van der Waals surface area contributed by atoms with Crippen LogP contribution in [0.15, 0.2) is 48.5 Å². The third-order valence-corrected chi connectivity index (χ3v) is 5.90. The first-order chi connectivity index (χ1) is 17.2. The number of hydrogen-bond donors (Lipinski definition) is 1. The van der Waals surface area contributed by atoms with Crippen molar-refractivity contribution in [2.75, 3.05) is 20.8 Å². The van der Waals surface area contributed by atoms with Crippen LogP contribution in [0.5, 0.6) is 11.5 Å². The molecule has 0 radical (unpaired) electrons.